The van der Waals surface area contributed by atoms with Crippen LogP contribution in [0.2, 0.25) is 0 Å². The van der Waals surface area contributed by atoms with Gasteiger partial charge in [-0.2, -0.15) is 0 Å². The maximum Gasteiger partial charge on any atom is 0.212 e. The number of pyridine rings is 1. The molecule has 0 atom stereocenters. The highest BCUT2D eigenvalue weighted by molar-refractivity contribution is 6.32. The molecule has 0 spiro atoms. The molecule has 128 valence electrons. The zero-order valence-corrected chi connectivity index (χ0v) is 14.8. The van der Waals surface area contributed by atoms with Crippen molar-refractivity contribution >= 4 is 28.3 Å². The first-order valence-corrected chi connectivity index (χ1v) is 8.57. The Bertz CT molecular complexity index is 1130. The largest absolute Gasteiger partial charge is 0.294 e. The molecule has 1 aromatic heterocycles. The van der Waals surface area contributed by atoms with Crippen LogP contribution in [0.5, 0.6) is 0 Å². The molecule has 1 heterocycles. The number of hydrogen-bond donors (Lipinski definition) is 0. The molecule has 3 aromatic rings. The third-order valence-corrected chi connectivity index (χ3v) is 4.77. The minimum Gasteiger partial charge on any atom is -0.294 e. The van der Waals surface area contributed by atoms with Gasteiger partial charge in [-0.25, -0.2) is 4.98 Å². The van der Waals surface area contributed by atoms with Crippen molar-refractivity contribution in [2.45, 2.75) is 20.8 Å². The molecule has 4 heteroatoms. The Hall–Kier alpha value is -3.14. The molecular weight excluding hydrogens is 326 g/mol. The molecular formula is C22H17NO3. The molecule has 1 aliphatic rings. The van der Waals surface area contributed by atoms with E-state index in [1.165, 1.54) is 0 Å². The lowest BCUT2D eigenvalue weighted by Gasteiger charge is -2.21. The lowest BCUT2D eigenvalue weighted by Crippen LogP contribution is -2.26. The van der Waals surface area contributed by atoms with Crippen molar-refractivity contribution in [1.82, 2.24) is 4.98 Å². The van der Waals surface area contributed by atoms with E-state index in [4.69, 9.17) is 0 Å². The quantitative estimate of drug-likeness (QED) is 0.513. The van der Waals surface area contributed by atoms with Gasteiger partial charge in [-0.3, -0.25) is 14.4 Å². The molecule has 1 aliphatic carbocycles. The minimum atomic E-state index is -0.310. The third-order valence-electron chi connectivity index (χ3n) is 4.77. The summed E-state index contributed by atoms with van der Waals surface area (Å²) in [5.74, 6) is -1.07. The minimum absolute atomic E-state index is 0.0778. The fourth-order valence-corrected chi connectivity index (χ4v) is 3.45. The van der Waals surface area contributed by atoms with E-state index in [-0.39, 0.29) is 34.5 Å². The average Bonchev–Trinajstić information content (AvgIpc) is 2.64. The molecule has 4 rings (SSSR count). The van der Waals surface area contributed by atoms with Crippen LogP contribution >= 0.6 is 0 Å². The van der Waals surface area contributed by atoms with Crippen molar-refractivity contribution < 1.29 is 14.4 Å². The zero-order chi connectivity index (χ0) is 18.6. The van der Waals surface area contributed by atoms with E-state index < -0.39 is 0 Å². The molecule has 0 amide bonds. The van der Waals surface area contributed by atoms with E-state index in [2.05, 4.69) is 4.98 Å². The summed E-state index contributed by atoms with van der Waals surface area (Å²) in [5, 5.41) is 0.628. The molecule has 0 unspecified atom stereocenters. The normalized spacial score (nSPS) is 13.1. The summed E-state index contributed by atoms with van der Waals surface area (Å²) in [5.41, 5.74) is 2.73. The molecule has 2 aromatic carbocycles. The first-order valence-electron chi connectivity index (χ1n) is 8.57. The lowest BCUT2D eigenvalue weighted by molar-refractivity contribution is 0.0927. The average molecular weight is 343 g/mol. The molecule has 0 N–H and O–H groups in total. The van der Waals surface area contributed by atoms with Crippen LogP contribution in [0.1, 0.15) is 61.7 Å². The molecule has 0 radical (unpaired) electrons. The van der Waals surface area contributed by atoms with Crippen LogP contribution in [-0.4, -0.2) is 22.3 Å². The number of benzene rings is 2. The van der Waals surface area contributed by atoms with Crippen LogP contribution in [0.15, 0.2) is 42.5 Å². The van der Waals surface area contributed by atoms with Crippen molar-refractivity contribution in [2.75, 3.05) is 0 Å². The fraction of sp³-hybridized carbons (Fsp3) is 0.182. The molecule has 0 bridgehead atoms. The summed E-state index contributed by atoms with van der Waals surface area (Å²) in [7, 11) is 0. The molecule has 0 saturated heterocycles. The number of fused-ring (bicyclic) bond motifs is 3. The Labute approximate surface area is 150 Å². The van der Waals surface area contributed by atoms with E-state index in [1.54, 1.807) is 44.2 Å². The van der Waals surface area contributed by atoms with Gasteiger partial charge in [-0.15, -0.1) is 0 Å². The van der Waals surface area contributed by atoms with Gasteiger partial charge in [0.05, 0.1) is 11.1 Å². The third kappa shape index (κ3) is 2.22. The summed E-state index contributed by atoms with van der Waals surface area (Å²) in [6, 6.07) is 12.2. The second-order valence-electron chi connectivity index (χ2n) is 6.95. The van der Waals surface area contributed by atoms with Crippen molar-refractivity contribution in [2.24, 2.45) is 5.92 Å². The van der Waals surface area contributed by atoms with Crippen LogP contribution in [0.25, 0.3) is 10.9 Å². The number of hydrogen-bond acceptors (Lipinski definition) is 4. The van der Waals surface area contributed by atoms with E-state index in [0.29, 0.717) is 27.6 Å². The first-order chi connectivity index (χ1) is 12.4. The van der Waals surface area contributed by atoms with E-state index in [0.717, 1.165) is 5.56 Å². The van der Waals surface area contributed by atoms with E-state index in [9.17, 15) is 14.4 Å². The lowest BCUT2D eigenvalue weighted by atomic mass is 9.81. The van der Waals surface area contributed by atoms with Crippen LogP contribution in [-0.2, 0) is 0 Å². The van der Waals surface area contributed by atoms with Crippen molar-refractivity contribution in [3.8, 4) is 0 Å². The van der Waals surface area contributed by atoms with Crippen LogP contribution in [0, 0.1) is 12.8 Å². The number of aromatic nitrogens is 1. The Morgan fingerprint density at radius 2 is 1.62 bits per heavy atom. The predicted octanol–water partition coefficient (Wildman–Crippen LogP) is 4.16. The van der Waals surface area contributed by atoms with Gasteiger partial charge in [0.2, 0.25) is 5.78 Å². The highest BCUT2D eigenvalue weighted by Crippen LogP contribution is 2.34. The number of aryl methyl sites for hydroxylation is 1. The Morgan fingerprint density at radius 1 is 0.962 bits per heavy atom. The highest BCUT2D eigenvalue weighted by Gasteiger charge is 2.36. The van der Waals surface area contributed by atoms with Crippen LogP contribution in [0.4, 0.5) is 0 Å². The topological polar surface area (TPSA) is 64.1 Å². The fourth-order valence-electron chi connectivity index (χ4n) is 3.45. The molecule has 0 saturated carbocycles. The summed E-state index contributed by atoms with van der Waals surface area (Å²) >= 11 is 0. The maximum absolute atomic E-state index is 13.2. The van der Waals surface area contributed by atoms with Crippen LogP contribution < -0.4 is 0 Å². The Balaban J connectivity index is 2.16. The summed E-state index contributed by atoms with van der Waals surface area (Å²) in [4.78, 5) is 43.6. The Kier molecular flexibility index (Phi) is 3.58. The molecule has 0 fully saturated rings. The number of Topliss-reactive ketones (excluding diaryl/α,β-unsaturated/α-hetero) is 1. The van der Waals surface area contributed by atoms with Gasteiger partial charge in [0.25, 0.3) is 0 Å². The maximum atomic E-state index is 13.2. The van der Waals surface area contributed by atoms with Gasteiger partial charge in [-0.05, 0) is 19.1 Å². The summed E-state index contributed by atoms with van der Waals surface area (Å²) < 4.78 is 0. The molecule has 4 nitrogen and oxygen atoms in total. The standard InChI is InChI=1S/C22H17NO3/c1-11(2)20(24)17-15-10-12(3)8-9-16(15)23-19-18(17)21(25)13-6-4-5-7-14(13)22(19)26/h4-11H,1-3H3. The van der Waals surface area contributed by atoms with Crippen molar-refractivity contribution in [1.29, 1.82) is 0 Å². The number of carbonyl (C=O) groups is 3. The van der Waals surface area contributed by atoms with Crippen LogP contribution in [0.3, 0.4) is 0 Å². The van der Waals surface area contributed by atoms with E-state index in [1.807, 2.05) is 19.1 Å². The number of ketones is 3. The van der Waals surface area contributed by atoms with Gasteiger partial charge in [0.1, 0.15) is 5.69 Å². The van der Waals surface area contributed by atoms with Crippen molar-refractivity contribution in [3.05, 3.63) is 76.0 Å². The van der Waals surface area contributed by atoms with Crippen molar-refractivity contribution in [3.63, 3.8) is 0 Å². The van der Waals surface area contributed by atoms with Gasteiger partial charge >= 0.3 is 0 Å². The van der Waals surface area contributed by atoms with E-state index >= 15 is 0 Å². The zero-order valence-electron chi connectivity index (χ0n) is 14.8. The number of rotatable bonds is 2. The summed E-state index contributed by atoms with van der Waals surface area (Å²) in [6.45, 7) is 5.50. The monoisotopic (exact) mass is 343 g/mol. The Morgan fingerprint density at radius 3 is 2.27 bits per heavy atom. The molecule has 0 aliphatic heterocycles. The SMILES string of the molecule is Cc1ccc2nc3c(c(C(=O)C(C)C)c2c1)C(=O)c1ccccc1C3=O. The second kappa shape index (κ2) is 5.70. The summed E-state index contributed by atoms with van der Waals surface area (Å²) in [6.07, 6.45) is 0. The van der Waals surface area contributed by atoms with Gasteiger partial charge in [-0.1, -0.05) is 49.7 Å². The first kappa shape index (κ1) is 16.3. The highest BCUT2D eigenvalue weighted by atomic mass is 16.1. The predicted molar refractivity (Wildman–Crippen MR) is 99.0 cm³/mol. The number of carbonyl (C=O) groups excluding carboxylic acids is 3. The van der Waals surface area contributed by atoms with Gasteiger partial charge in [0.15, 0.2) is 11.6 Å². The second-order valence-corrected chi connectivity index (χ2v) is 6.95. The number of nitrogens with zero attached hydrogens (tertiary/aromatic N) is 1. The van der Waals surface area contributed by atoms with Gasteiger partial charge < -0.3 is 0 Å². The van der Waals surface area contributed by atoms with Gasteiger partial charge in [0, 0.05) is 28.0 Å². The molecule has 26 heavy (non-hydrogen) atoms. The smallest absolute Gasteiger partial charge is 0.212 e.